The van der Waals surface area contributed by atoms with Crippen molar-refractivity contribution in [1.82, 2.24) is 19.5 Å². The molecular formula is C35H36ClN5O6. The number of hydrogen-bond donors (Lipinski definition) is 1. The number of amides is 1. The van der Waals surface area contributed by atoms with Crippen LogP contribution >= 0.6 is 11.6 Å². The zero-order valence-corrected chi connectivity index (χ0v) is 26.8. The van der Waals surface area contributed by atoms with Crippen molar-refractivity contribution >= 4 is 34.6 Å². The quantitative estimate of drug-likeness (QED) is 0.162. The maximum absolute atomic E-state index is 11.7. The van der Waals surface area contributed by atoms with Crippen LogP contribution in [-0.4, -0.2) is 63.2 Å². The van der Waals surface area contributed by atoms with Crippen LogP contribution in [0.5, 0.6) is 0 Å². The normalized spacial score (nSPS) is 21.1. The summed E-state index contributed by atoms with van der Waals surface area (Å²) in [6.07, 6.45) is -1.63. The zero-order valence-electron chi connectivity index (χ0n) is 26.1. The van der Waals surface area contributed by atoms with Crippen LogP contribution in [0.25, 0.3) is 11.2 Å². The van der Waals surface area contributed by atoms with E-state index in [4.69, 9.17) is 35.3 Å². The molecule has 1 fully saturated rings. The van der Waals surface area contributed by atoms with Gasteiger partial charge in [-0.3, -0.25) is 10.1 Å². The molecule has 1 amide bonds. The van der Waals surface area contributed by atoms with Crippen molar-refractivity contribution in [1.29, 1.82) is 0 Å². The molecule has 244 valence electrons. The molecule has 1 aliphatic rings. The first-order valence-corrected chi connectivity index (χ1v) is 15.7. The maximum Gasteiger partial charge on any atom is 0.232 e. The third-order valence-electron chi connectivity index (χ3n) is 7.77. The van der Waals surface area contributed by atoms with Crippen LogP contribution in [0.3, 0.4) is 0 Å². The van der Waals surface area contributed by atoms with Gasteiger partial charge in [0.15, 0.2) is 17.1 Å². The fourth-order valence-corrected chi connectivity index (χ4v) is 5.75. The number of nitrogens with zero attached hydrogens (tertiary/aromatic N) is 4. The summed E-state index contributed by atoms with van der Waals surface area (Å²) in [6.45, 7) is 2.58. The first-order chi connectivity index (χ1) is 23.0. The summed E-state index contributed by atoms with van der Waals surface area (Å²) < 4.78 is 34.2. The molecule has 0 spiro atoms. The van der Waals surface area contributed by atoms with Crippen molar-refractivity contribution in [3.63, 3.8) is 0 Å². The van der Waals surface area contributed by atoms with E-state index in [9.17, 15) is 4.79 Å². The number of carbonyl (C=O) groups is 1. The number of aromatic nitrogens is 4. The third kappa shape index (κ3) is 8.20. The second kappa shape index (κ2) is 15.6. The van der Waals surface area contributed by atoms with Gasteiger partial charge in [0.25, 0.3) is 0 Å². The summed E-state index contributed by atoms with van der Waals surface area (Å²) in [7, 11) is 1.58. The highest BCUT2D eigenvalue weighted by atomic mass is 35.5. The monoisotopic (exact) mass is 657 g/mol. The van der Waals surface area contributed by atoms with E-state index in [0.29, 0.717) is 31.0 Å². The van der Waals surface area contributed by atoms with Gasteiger partial charge in [0.05, 0.1) is 32.7 Å². The SMILES string of the molecule is CO[C@H]1O[C@H](Cn2cnc3c(Cl)nc(NC(C)=O)nc32)[C@@H](OCc2ccccc2)[C@H](OCc2ccccc2)[C@H]1OCc1ccccc1. The molecule has 2 aromatic heterocycles. The Morgan fingerprint density at radius 2 is 1.34 bits per heavy atom. The fraction of sp³-hybridized carbons (Fsp3) is 0.314. The van der Waals surface area contributed by atoms with E-state index in [2.05, 4.69) is 20.3 Å². The predicted octanol–water partition coefficient (Wildman–Crippen LogP) is 5.57. The van der Waals surface area contributed by atoms with Gasteiger partial charge >= 0.3 is 0 Å². The molecule has 5 aromatic rings. The van der Waals surface area contributed by atoms with E-state index in [0.717, 1.165) is 16.7 Å². The van der Waals surface area contributed by atoms with Gasteiger partial charge in [-0.2, -0.15) is 9.97 Å². The topological polar surface area (TPSA) is 119 Å². The molecule has 1 aliphatic heterocycles. The zero-order chi connectivity index (χ0) is 32.6. The molecule has 3 heterocycles. The average molecular weight is 658 g/mol. The maximum atomic E-state index is 11.7. The van der Waals surface area contributed by atoms with Gasteiger partial charge in [0, 0.05) is 14.0 Å². The Morgan fingerprint density at radius 3 is 1.87 bits per heavy atom. The second-order valence-electron chi connectivity index (χ2n) is 11.2. The Kier molecular flexibility index (Phi) is 10.8. The second-order valence-corrected chi connectivity index (χ2v) is 11.5. The molecule has 47 heavy (non-hydrogen) atoms. The number of halogens is 1. The number of carbonyl (C=O) groups excluding carboxylic acids is 1. The van der Waals surface area contributed by atoms with Crippen molar-refractivity contribution in [2.24, 2.45) is 0 Å². The molecule has 0 unspecified atom stereocenters. The summed E-state index contributed by atoms with van der Waals surface area (Å²) in [4.78, 5) is 24.9. The molecule has 3 aromatic carbocycles. The van der Waals surface area contributed by atoms with Gasteiger partial charge < -0.3 is 28.3 Å². The van der Waals surface area contributed by atoms with E-state index >= 15 is 0 Å². The number of nitrogens with one attached hydrogen (secondary N) is 1. The Labute approximate surface area is 277 Å². The van der Waals surface area contributed by atoms with E-state index in [1.165, 1.54) is 6.92 Å². The van der Waals surface area contributed by atoms with Crippen LogP contribution < -0.4 is 5.32 Å². The largest absolute Gasteiger partial charge is 0.368 e. The highest BCUT2D eigenvalue weighted by Gasteiger charge is 2.49. The molecular weight excluding hydrogens is 622 g/mol. The van der Waals surface area contributed by atoms with Crippen molar-refractivity contribution in [3.05, 3.63) is 119 Å². The highest BCUT2D eigenvalue weighted by molar-refractivity contribution is 6.33. The van der Waals surface area contributed by atoms with E-state index in [1.54, 1.807) is 18.0 Å². The average Bonchev–Trinajstić information content (AvgIpc) is 3.49. The van der Waals surface area contributed by atoms with Crippen LogP contribution in [0.1, 0.15) is 23.6 Å². The minimum absolute atomic E-state index is 0.0754. The Morgan fingerprint density at radius 1 is 0.809 bits per heavy atom. The lowest BCUT2D eigenvalue weighted by Crippen LogP contribution is -2.61. The summed E-state index contributed by atoms with van der Waals surface area (Å²) in [5, 5.41) is 2.71. The van der Waals surface area contributed by atoms with Crippen molar-refractivity contribution in [3.8, 4) is 0 Å². The molecule has 0 aliphatic carbocycles. The minimum Gasteiger partial charge on any atom is -0.368 e. The molecule has 6 rings (SSSR count). The van der Waals surface area contributed by atoms with Crippen LogP contribution in [0.15, 0.2) is 97.3 Å². The Balaban J connectivity index is 1.35. The summed E-state index contributed by atoms with van der Waals surface area (Å²) in [5.41, 5.74) is 3.83. The Hall–Kier alpha value is -4.23. The van der Waals surface area contributed by atoms with Crippen LogP contribution in [0.4, 0.5) is 5.95 Å². The lowest BCUT2D eigenvalue weighted by molar-refractivity contribution is -0.319. The van der Waals surface area contributed by atoms with Crippen molar-refractivity contribution in [2.45, 2.75) is 64.0 Å². The molecule has 5 atom stereocenters. The van der Waals surface area contributed by atoms with E-state index < -0.39 is 30.7 Å². The number of fused-ring (bicyclic) bond motifs is 1. The van der Waals surface area contributed by atoms with Gasteiger partial charge in [-0.25, -0.2) is 4.98 Å². The number of imidazole rings is 1. The van der Waals surface area contributed by atoms with Crippen molar-refractivity contribution in [2.75, 3.05) is 12.4 Å². The summed E-state index contributed by atoms with van der Waals surface area (Å²) in [5.74, 6) is -0.245. The third-order valence-corrected chi connectivity index (χ3v) is 8.03. The Bertz CT molecular complexity index is 1740. The first kappa shape index (κ1) is 32.7. The van der Waals surface area contributed by atoms with Gasteiger partial charge in [-0.05, 0) is 16.7 Å². The molecule has 0 saturated carbocycles. The van der Waals surface area contributed by atoms with Crippen LogP contribution in [0.2, 0.25) is 5.15 Å². The highest BCUT2D eigenvalue weighted by Crippen LogP contribution is 2.32. The standard InChI is InChI=1S/C35H36ClN5O6/c1-23(42)38-35-39-32(36)28-33(40-35)41(22-37-28)18-27-29(44-19-24-12-6-3-7-13-24)30(45-20-25-14-8-4-9-15-25)31(34(43-2)47-27)46-21-26-16-10-5-11-17-26/h3-17,22,27,29-31,34H,18-21H2,1-2H3,(H,38,39,40,42)/t27-,29-,30+,31-,34+/m1/s1. The number of methoxy groups -OCH3 is 1. The molecule has 1 N–H and O–H groups in total. The molecule has 1 saturated heterocycles. The van der Waals surface area contributed by atoms with Crippen LogP contribution in [-0.2, 0) is 54.8 Å². The number of anilines is 1. The number of hydrogen-bond acceptors (Lipinski definition) is 9. The van der Waals surface area contributed by atoms with Gasteiger partial charge in [-0.15, -0.1) is 0 Å². The molecule has 0 bridgehead atoms. The number of benzene rings is 3. The van der Waals surface area contributed by atoms with Gasteiger partial charge in [0.2, 0.25) is 11.9 Å². The van der Waals surface area contributed by atoms with E-state index in [-0.39, 0.29) is 23.6 Å². The number of ether oxygens (including phenoxy) is 5. The molecule has 11 nitrogen and oxygen atoms in total. The first-order valence-electron chi connectivity index (χ1n) is 15.3. The summed E-state index contributed by atoms with van der Waals surface area (Å²) >= 11 is 6.43. The number of rotatable bonds is 13. The van der Waals surface area contributed by atoms with Crippen LogP contribution in [0, 0.1) is 0 Å². The van der Waals surface area contributed by atoms with E-state index in [1.807, 2.05) is 91.0 Å². The summed E-state index contributed by atoms with van der Waals surface area (Å²) in [6, 6.07) is 29.8. The predicted molar refractivity (Wildman–Crippen MR) is 175 cm³/mol. The lowest BCUT2D eigenvalue weighted by atomic mass is 9.97. The van der Waals surface area contributed by atoms with Crippen molar-refractivity contribution < 1.29 is 28.5 Å². The van der Waals surface area contributed by atoms with Gasteiger partial charge in [0.1, 0.15) is 29.9 Å². The minimum atomic E-state index is -0.788. The molecule has 0 radical (unpaired) electrons. The fourth-order valence-electron chi connectivity index (χ4n) is 5.53. The smallest absolute Gasteiger partial charge is 0.232 e. The van der Waals surface area contributed by atoms with Gasteiger partial charge in [-0.1, -0.05) is 103 Å². The molecule has 12 heteroatoms. The lowest BCUT2D eigenvalue weighted by Gasteiger charge is -2.45.